The van der Waals surface area contributed by atoms with Crippen LogP contribution in [0, 0.1) is 6.92 Å². The van der Waals surface area contributed by atoms with Gasteiger partial charge in [0.05, 0.1) is 12.3 Å². The predicted octanol–water partition coefficient (Wildman–Crippen LogP) is 1.63. The molecule has 1 unspecified atom stereocenters. The first kappa shape index (κ1) is 13.2. The van der Waals surface area contributed by atoms with Gasteiger partial charge in [0, 0.05) is 38.5 Å². The predicted molar refractivity (Wildman–Crippen MR) is 65.4 cm³/mol. The molecule has 0 amide bonds. The van der Waals surface area contributed by atoms with E-state index in [1.165, 1.54) is 12.0 Å². The molecule has 1 aromatic heterocycles. The Hall–Kier alpha value is -0.870. The third-order valence-electron chi connectivity index (χ3n) is 2.70. The fraction of sp³-hybridized carbons (Fsp3) is 0.750. The first-order valence-corrected chi connectivity index (χ1v) is 5.88. The van der Waals surface area contributed by atoms with Crippen molar-refractivity contribution in [1.29, 1.82) is 0 Å². The zero-order valence-corrected chi connectivity index (χ0v) is 10.8. The quantitative estimate of drug-likeness (QED) is 0.766. The second-order valence-corrected chi connectivity index (χ2v) is 4.24. The Balaban J connectivity index is 2.44. The highest BCUT2D eigenvalue weighted by molar-refractivity contribution is 5.14. The van der Waals surface area contributed by atoms with Crippen LogP contribution in [0.3, 0.4) is 0 Å². The van der Waals surface area contributed by atoms with Crippen molar-refractivity contribution in [3.05, 3.63) is 17.5 Å². The van der Waals surface area contributed by atoms with E-state index >= 15 is 0 Å². The topological polar surface area (TPSA) is 39.1 Å². The minimum atomic E-state index is 0.439. The molecule has 4 heteroatoms. The van der Waals surface area contributed by atoms with Crippen molar-refractivity contribution in [3.8, 4) is 0 Å². The van der Waals surface area contributed by atoms with Crippen molar-refractivity contribution in [2.24, 2.45) is 7.05 Å². The zero-order valence-electron chi connectivity index (χ0n) is 10.8. The highest BCUT2D eigenvalue weighted by Crippen LogP contribution is 2.05. The number of nitrogens with one attached hydrogen (secondary N) is 1. The molecule has 0 fully saturated rings. The van der Waals surface area contributed by atoms with Gasteiger partial charge in [0.25, 0.3) is 0 Å². The van der Waals surface area contributed by atoms with Crippen LogP contribution in [0.15, 0.2) is 6.20 Å². The van der Waals surface area contributed by atoms with E-state index in [-0.39, 0.29) is 0 Å². The number of hydrogen-bond acceptors (Lipinski definition) is 3. The standard InChI is InChI=1S/C12H23N3O/c1-5-6-12(9-16-4)13-7-11-8-15(3)14-10(11)2/h8,12-13H,5-7,9H2,1-4H3. The fourth-order valence-electron chi connectivity index (χ4n) is 1.87. The average Bonchev–Trinajstić information content (AvgIpc) is 2.54. The second-order valence-electron chi connectivity index (χ2n) is 4.24. The zero-order chi connectivity index (χ0) is 12.0. The van der Waals surface area contributed by atoms with Crippen molar-refractivity contribution in [1.82, 2.24) is 15.1 Å². The molecule has 0 aliphatic rings. The van der Waals surface area contributed by atoms with E-state index in [0.717, 1.165) is 25.3 Å². The molecule has 1 heterocycles. The minimum absolute atomic E-state index is 0.439. The van der Waals surface area contributed by atoms with Crippen molar-refractivity contribution < 1.29 is 4.74 Å². The lowest BCUT2D eigenvalue weighted by molar-refractivity contribution is 0.161. The van der Waals surface area contributed by atoms with Crippen LogP contribution in [-0.4, -0.2) is 29.5 Å². The maximum absolute atomic E-state index is 5.20. The van der Waals surface area contributed by atoms with Gasteiger partial charge in [-0.05, 0) is 13.3 Å². The van der Waals surface area contributed by atoms with E-state index in [9.17, 15) is 0 Å². The van der Waals surface area contributed by atoms with Crippen LogP contribution in [0.2, 0.25) is 0 Å². The number of aromatic nitrogens is 2. The first-order valence-electron chi connectivity index (χ1n) is 5.88. The summed E-state index contributed by atoms with van der Waals surface area (Å²) in [6.07, 6.45) is 4.39. The lowest BCUT2D eigenvalue weighted by Gasteiger charge is -2.16. The Labute approximate surface area is 98.0 Å². The van der Waals surface area contributed by atoms with Crippen molar-refractivity contribution in [2.75, 3.05) is 13.7 Å². The lowest BCUT2D eigenvalue weighted by Crippen LogP contribution is -2.32. The van der Waals surface area contributed by atoms with Gasteiger partial charge < -0.3 is 10.1 Å². The number of rotatable bonds is 7. The third-order valence-corrected chi connectivity index (χ3v) is 2.70. The molecule has 4 nitrogen and oxygen atoms in total. The first-order chi connectivity index (χ1) is 7.67. The summed E-state index contributed by atoms with van der Waals surface area (Å²) < 4.78 is 7.06. The molecule has 0 saturated carbocycles. The molecule has 16 heavy (non-hydrogen) atoms. The average molecular weight is 225 g/mol. The summed E-state index contributed by atoms with van der Waals surface area (Å²) in [4.78, 5) is 0. The largest absolute Gasteiger partial charge is 0.383 e. The summed E-state index contributed by atoms with van der Waals surface area (Å²) in [5.41, 5.74) is 2.36. The van der Waals surface area contributed by atoms with Crippen LogP contribution in [0.25, 0.3) is 0 Å². The molecule has 0 spiro atoms. The van der Waals surface area contributed by atoms with Crippen LogP contribution >= 0.6 is 0 Å². The number of nitrogens with zero attached hydrogens (tertiary/aromatic N) is 2. The van der Waals surface area contributed by atoms with Gasteiger partial charge in [-0.15, -0.1) is 0 Å². The monoisotopic (exact) mass is 225 g/mol. The molecule has 0 aliphatic carbocycles. The van der Waals surface area contributed by atoms with Crippen LogP contribution in [0.1, 0.15) is 31.0 Å². The highest BCUT2D eigenvalue weighted by atomic mass is 16.5. The van der Waals surface area contributed by atoms with E-state index in [0.29, 0.717) is 6.04 Å². The molecule has 0 radical (unpaired) electrons. The van der Waals surface area contributed by atoms with E-state index in [1.807, 2.05) is 18.7 Å². The molecule has 0 aliphatic heterocycles. The normalized spacial score (nSPS) is 13.0. The Morgan fingerprint density at radius 2 is 2.31 bits per heavy atom. The summed E-state index contributed by atoms with van der Waals surface area (Å²) in [6, 6.07) is 0.439. The second kappa shape index (κ2) is 6.66. The highest BCUT2D eigenvalue weighted by Gasteiger charge is 2.08. The molecule has 1 rings (SSSR count). The number of methoxy groups -OCH3 is 1. The van der Waals surface area contributed by atoms with Crippen LogP contribution in [0.4, 0.5) is 0 Å². The van der Waals surface area contributed by atoms with Gasteiger partial charge in [-0.2, -0.15) is 5.10 Å². The summed E-state index contributed by atoms with van der Waals surface area (Å²) in [7, 11) is 3.70. The van der Waals surface area contributed by atoms with E-state index in [1.54, 1.807) is 7.11 Å². The SMILES string of the molecule is CCCC(COC)NCc1cn(C)nc1C. The molecule has 0 aromatic carbocycles. The Morgan fingerprint density at radius 3 is 2.81 bits per heavy atom. The molecule has 0 saturated heterocycles. The van der Waals surface area contributed by atoms with E-state index in [2.05, 4.69) is 23.5 Å². The number of ether oxygens (including phenoxy) is 1. The molecule has 1 atom stereocenters. The van der Waals surface area contributed by atoms with Crippen LogP contribution in [0.5, 0.6) is 0 Å². The third kappa shape index (κ3) is 3.94. The van der Waals surface area contributed by atoms with Crippen molar-refractivity contribution >= 4 is 0 Å². The van der Waals surface area contributed by atoms with Gasteiger partial charge in [0.2, 0.25) is 0 Å². The van der Waals surface area contributed by atoms with Crippen LogP contribution < -0.4 is 5.32 Å². The molecular weight excluding hydrogens is 202 g/mol. The van der Waals surface area contributed by atoms with E-state index < -0.39 is 0 Å². The van der Waals surface area contributed by atoms with Gasteiger partial charge in [0.15, 0.2) is 0 Å². The van der Waals surface area contributed by atoms with Gasteiger partial charge in [-0.25, -0.2) is 0 Å². The van der Waals surface area contributed by atoms with Crippen LogP contribution in [-0.2, 0) is 18.3 Å². The summed E-state index contributed by atoms with van der Waals surface area (Å²) in [5.74, 6) is 0. The van der Waals surface area contributed by atoms with Crippen molar-refractivity contribution in [3.63, 3.8) is 0 Å². The molecule has 92 valence electrons. The van der Waals surface area contributed by atoms with Gasteiger partial charge in [0.1, 0.15) is 0 Å². The maximum atomic E-state index is 5.20. The lowest BCUT2D eigenvalue weighted by atomic mass is 10.1. The fourth-order valence-corrected chi connectivity index (χ4v) is 1.87. The number of hydrogen-bond donors (Lipinski definition) is 1. The molecule has 1 aromatic rings. The van der Waals surface area contributed by atoms with Crippen molar-refractivity contribution in [2.45, 2.75) is 39.3 Å². The van der Waals surface area contributed by atoms with Gasteiger partial charge in [-0.3, -0.25) is 4.68 Å². The van der Waals surface area contributed by atoms with Gasteiger partial charge >= 0.3 is 0 Å². The molecule has 0 bridgehead atoms. The van der Waals surface area contributed by atoms with E-state index in [4.69, 9.17) is 4.74 Å². The maximum Gasteiger partial charge on any atom is 0.0638 e. The Kier molecular flexibility index (Phi) is 5.49. The molecule has 1 N–H and O–H groups in total. The minimum Gasteiger partial charge on any atom is -0.383 e. The summed E-state index contributed by atoms with van der Waals surface area (Å²) >= 11 is 0. The number of aryl methyl sites for hydroxylation is 2. The summed E-state index contributed by atoms with van der Waals surface area (Å²) in [5, 5.41) is 7.84. The summed E-state index contributed by atoms with van der Waals surface area (Å²) in [6.45, 7) is 5.88. The smallest absolute Gasteiger partial charge is 0.0638 e. The Morgan fingerprint density at radius 1 is 1.56 bits per heavy atom. The van der Waals surface area contributed by atoms with Gasteiger partial charge in [-0.1, -0.05) is 13.3 Å². The Bertz CT molecular complexity index is 303. The molecular formula is C12H23N3O.